The minimum absolute atomic E-state index is 0.0841. The number of benzene rings is 1. The summed E-state index contributed by atoms with van der Waals surface area (Å²) < 4.78 is 12.8. The highest BCUT2D eigenvalue weighted by molar-refractivity contribution is 5.19. The maximum absolute atomic E-state index is 12.8. The smallest absolute Gasteiger partial charge is 0.141 e. The van der Waals surface area contributed by atoms with Gasteiger partial charge in [0.05, 0.1) is 11.9 Å². The van der Waals surface area contributed by atoms with Crippen LogP contribution in [0, 0.1) is 5.82 Å². The largest absolute Gasteiger partial charge is 0.302 e. The molecule has 0 saturated carbocycles. The minimum Gasteiger partial charge on any atom is -0.302 e. The van der Waals surface area contributed by atoms with Gasteiger partial charge in [-0.1, -0.05) is 30.3 Å². The van der Waals surface area contributed by atoms with Gasteiger partial charge in [-0.25, -0.2) is 4.39 Å². The van der Waals surface area contributed by atoms with Gasteiger partial charge in [0.25, 0.3) is 0 Å². The molecule has 0 amide bonds. The second-order valence-electron chi connectivity index (χ2n) is 4.42. The van der Waals surface area contributed by atoms with Crippen molar-refractivity contribution in [3.05, 3.63) is 65.7 Å². The first-order valence-corrected chi connectivity index (χ1v) is 6.09. The van der Waals surface area contributed by atoms with Crippen LogP contribution in [0.25, 0.3) is 0 Å². The minimum atomic E-state index is -0.304. The summed E-state index contributed by atoms with van der Waals surface area (Å²) in [6.45, 7) is 4.13. The summed E-state index contributed by atoms with van der Waals surface area (Å²) in [5, 5.41) is 3.45. The van der Waals surface area contributed by atoms with Gasteiger partial charge in [0.15, 0.2) is 0 Å². The Labute approximate surface area is 107 Å². The van der Waals surface area contributed by atoms with Crippen LogP contribution in [0.15, 0.2) is 48.7 Å². The standard InChI is InChI=1S/C15H17FN2/c1-11(13-6-4-3-5-7-13)18-12(2)15-9-8-14(16)10-17-15/h3-12,18H,1-2H3/t11-,12?/m1/s1. The third kappa shape index (κ3) is 3.14. The van der Waals surface area contributed by atoms with Crippen LogP contribution >= 0.6 is 0 Å². The van der Waals surface area contributed by atoms with Crippen LogP contribution in [0.5, 0.6) is 0 Å². The summed E-state index contributed by atoms with van der Waals surface area (Å²) in [6, 6.07) is 13.7. The molecule has 0 radical (unpaired) electrons. The Bertz CT molecular complexity index is 482. The van der Waals surface area contributed by atoms with E-state index in [1.165, 1.54) is 17.8 Å². The highest BCUT2D eigenvalue weighted by atomic mass is 19.1. The van der Waals surface area contributed by atoms with Crippen LogP contribution in [-0.4, -0.2) is 4.98 Å². The van der Waals surface area contributed by atoms with Crippen molar-refractivity contribution in [1.82, 2.24) is 10.3 Å². The molecule has 2 aromatic rings. The SMILES string of the molecule is CC(N[C@H](C)c1ccccc1)c1ccc(F)cn1. The number of aromatic nitrogens is 1. The lowest BCUT2D eigenvalue weighted by Crippen LogP contribution is -2.23. The van der Waals surface area contributed by atoms with E-state index in [9.17, 15) is 4.39 Å². The molecule has 0 spiro atoms. The Morgan fingerprint density at radius 3 is 2.33 bits per heavy atom. The molecule has 0 aliphatic heterocycles. The molecule has 2 nitrogen and oxygen atoms in total. The summed E-state index contributed by atoms with van der Waals surface area (Å²) in [6.07, 6.45) is 1.25. The van der Waals surface area contributed by atoms with Crippen molar-refractivity contribution in [3.8, 4) is 0 Å². The zero-order valence-corrected chi connectivity index (χ0v) is 10.6. The van der Waals surface area contributed by atoms with E-state index >= 15 is 0 Å². The number of rotatable bonds is 4. The molecule has 0 fully saturated rings. The van der Waals surface area contributed by atoms with Crippen LogP contribution < -0.4 is 5.32 Å². The van der Waals surface area contributed by atoms with Crippen molar-refractivity contribution in [2.45, 2.75) is 25.9 Å². The molecule has 2 rings (SSSR count). The Hall–Kier alpha value is -1.74. The number of hydrogen-bond donors (Lipinski definition) is 1. The van der Waals surface area contributed by atoms with E-state index < -0.39 is 0 Å². The van der Waals surface area contributed by atoms with Crippen LogP contribution in [0.1, 0.15) is 37.2 Å². The summed E-state index contributed by atoms with van der Waals surface area (Å²) in [5.41, 5.74) is 2.07. The fraction of sp³-hybridized carbons (Fsp3) is 0.267. The fourth-order valence-electron chi connectivity index (χ4n) is 1.94. The molecule has 2 atom stereocenters. The van der Waals surface area contributed by atoms with Crippen LogP contribution in [-0.2, 0) is 0 Å². The van der Waals surface area contributed by atoms with Gasteiger partial charge in [0, 0.05) is 12.1 Å². The number of halogens is 1. The Morgan fingerprint density at radius 1 is 1.00 bits per heavy atom. The number of pyridine rings is 1. The lowest BCUT2D eigenvalue weighted by molar-refractivity contribution is 0.484. The molecule has 1 heterocycles. The summed E-state index contributed by atoms with van der Waals surface area (Å²) >= 11 is 0. The predicted molar refractivity (Wildman–Crippen MR) is 70.6 cm³/mol. The van der Waals surface area contributed by atoms with Gasteiger partial charge >= 0.3 is 0 Å². The maximum Gasteiger partial charge on any atom is 0.141 e. The quantitative estimate of drug-likeness (QED) is 0.888. The first kappa shape index (κ1) is 12.7. The number of nitrogens with zero attached hydrogens (tertiary/aromatic N) is 1. The molecular weight excluding hydrogens is 227 g/mol. The molecule has 94 valence electrons. The molecule has 1 unspecified atom stereocenters. The molecule has 0 saturated heterocycles. The van der Waals surface area contributed by atoms with Gasteiger partial charge in [0.2, 0.25) is 0 Å². The average molecular weight is 244 g/mol. The van der Waals surface area contributed by atoms with Crippen molar-refractivity contribution in [2.24, 2.45) is 0 Å². The van der Waals surface area contributed by atoms with Crippen molar-refractivity contribution >= 4 is 0 Å². The van der Waals surface area contributed by atoms with E-state index in [2.05, 4.69) is 29.4 Å². The van der Waals surface area contributed by atoms with Gasteiger partial charge in [-0.3, -0.25) is 4.98 Å². The lowest BCUT2D eigenvalue weighted by Gasteiger charge is -2.20. The van der Waals surface area contributed by atoms with Crippen molar-refractivity contribution < 1.29 is 4.39 Å². The van der Waals surface area contributed by atoms with E-state index in [1.54, 1.807) is 6.07 Å². The zero-order valence-electron chi connectivity index (χ0n) is 10.6. The number of nitrogens with one attached hydrogen (secondary N) is 1. The Morgan fingerprint density at radius 2 is 1.72 bits per heavy atom. The van der Waals surface area contributed by atoms with E-state index in [0.717, 1.165) is 5.69 Å². The first-order chi connectivity index (χ1) is 8.66. The van der Waals surface area contributed by atoms with E-state index in [0.29, 0.717) is 0 Å². The van der Waals surface area contributed by atoms with Gasteiger partial charge in [0.1, 0.15) is 5.82 Å². The zero-order chi connectivity index (χ0) is 13.0. The van der Waals surface area contributed by atoms with Crippen LogP contribution in [0.4, 0.5) is 4.39 Å². The monoisotopic (exact) mass is 244 g/mol. The normalized spacial score (nSPS) is 14.2. The van der Waals surface area contributed by atoms with Crippen molar-refractivity contribution in [1.29, 1.82) is 0 Å². The van der Waals surface area contributed by atoms with Crippen molar-refractivity contribution in [2.75, 3.05) is 0 Å². The Balaban J connectivity index is 2.03. The molecule has 1 N–H and O–H groups in total. The predicted octanol–water partition coefficient (Wildman–Crippen LogP) is 3.63. The van der Waals surface area contributed by atoms with Gasteiger partial charge in [-0.05, 0) is 31.5 Å². The molecule has 0 aliphatic rings. The first-order valence-electron chi connectivity index (χ1n) is 6.09. The average Bonchev–Trinajstić information content (AvgIpc) is 2.40. The van der Waals surface area contributed by atoms with Crippen LogP contribution in [0.3, 0.4) is 0 Å². The van der Waals surface area contributed by atoms with E-state index in [1.807, 2.05) is 25.1 Å². The van der Waals surface area contributed by atoms with Crippen LogP contribution in [0.2, 0.25) is 0 Å². The molecule has 3 heteroatoms. The van der Waals surface area contributed by atoms with Gasteiger partial charge < -0.3 is 5.32 Å². The van der Waals surface area contributed by atoms with Gasteiger partial charge in [-0.2, -0.15) is 0 Å². The lowest BCUT2D eigenvalue weighted by atomic mass is 10.1. The van der Waals surface area contributed by atoms with E-state index in [4.69, 9.17) is 0 Å². The fourth-order valence-corrected chi connectivity index (χ4v) is 1.94. The highest BCUT2D eigenvalue weighted by Gasteiger charge is 2.11. The number of hydrogen-bond acceptors (Lipinski definition) is 2. The molecule has 1 aromatic carbocycles. The molecule has 0 bridgehead atoms. The second kappa shape index (κ2) is 5.74. The third-order valence-electron chi connectivity index (χ3n) is 2.99. The second-order valence-corrected chi connectivity index (χ2v) is 4.42. The third-order valence-corrected chi connectivity index (χ3v) is 2.99. The van der Waals surface area contributed by atoms with Crippen molar-refractivity contribution in [3.63, 3.8) is 0 Å². The summed E-state index contributed by atoms with van der Waals surface area (Å²) in [4.78, 5) is 4.09. The van der Waals surface area contributed by atoms with E-state index in [-0.39, 0.29) is 17.9 Å². The highest BCUT2D eigenvalue weighted by Crippen LogP contribution is 2.17. The molecule has 18 heavy (non-hydrogen) atoms. The summed E-state index contributed by atoms with van der Waals surface area (Å²) in [5.74, 6) is -0.304. The maximum atomic E-state index is 12.8. The Kier molecular flexibility index (Phi) is 4.05. The van der Waals surface area contributed by atoms with Gasteiger partial charge in [-0.15, -0.1) is 0 Å². The molecular formula is C15H17FN2. The molecule has 1 aromatic heterocycles. The summed E-state index contributed by atoms with van der Waals surface area (Å²) in [7, 11) is 0. The molecule has 0 aliphatic carbocycles. The topological polar surface area (TPSA) is 24.9 Å².